The molecule has 0 bridgehead atoms. The Kier molecular flexibility index (Phi) is 11.0. The lowest BCUT2D eigenvalue weighted by Crippen LogP contribution is -2.59. The number of carbonyl (C=O) groups is 5. The second-order valence-electron chi connectivity index (χ2n) is 15.2. The molecule has 2 aliphatic heterocycles. The van der Waals surface area contributed by atoms with Crippen LogP contribution in [-0.2, 0) is 19.1 Å². The maximum absolute atomic E-state index is 14.5. The Morgan fingerprint density at radius 1 is 1.00 bits per heavy atom. The number of nitrogens with zero attached hydrogens (tertiary/aromatic N) is 4. The van der Waals surface area contributed by atoms with E-state index in [0.717, 1.165) is 4.88 Å². The summed E-state index contributed by atoms with van der Waals surface area (Å²) in [6.45, 7) is 5.20. The third-order valence-corrected chi connectivity index (χ3v) is 10.7. The van der Waals surface area contributed by atoms with Gasteiger partial charge in [0.05, 0.1) is 28.0 Å². The number of rotatable bonds is 6. The molecule has 4 N–H and O–H groups in total. The molecule has 0 unspecified atom stereocenters. The highest BCUT2D eigenvalue weighted by Gasteiger charge is 2.61. The van der Waals surface area contributed by atoms with Gasteiger partial charge in [-0.05, 0) is 82.2 Å². The van der Waals surface area contributed by atoms with Crippen molar-refractivity contribution >= 4 is 52.1 Å². The van der Waals surface area contributed by atoms with Crippen molar-refractivity contribution in [1.82, 2.24) is 41.3 Å². The number of ether oxygens (including phenoxy) is 2. The lowest BCUT2D eigenvalue weighted by molar-refractivity contribution is -0.141. The summed E-state index contributed by atoms with van der Waals surface area (Å²) in [5, 5.41) is 7.64. The molecule has 4 aromatic rings. The average molecular weight is 781 g/mol. The standard InChI is InChI=1S/C40H44N8O7S/c1-39(2,3)55-38(53)44-29-16-7-5-4-6-13-25-21-40(25,37(52)47-46-33(49)24-12-10-18-41-22-24)45-34(50)30-20-26(23-48(30)36(29)51)54-35-32(31-17-11-19-56-31)42-27-14-8-9-15-28(27)43-35/h6,8-15,17-19,22,25-26,29-30H,4-5,7,16,20-21,23H2,1-3H3,(H,44,53)(H,45,50)(H,46,49)(H,47,52)/b13-6-/t25-,26-,29+,30+,40-/m1/s1. The molecule has 1 aliphatic carbocycles. The SMILES string of the molecule is CC(C)(C)OC(=O)N[C@H]1CCCC/C=C\[C@@H]2C[C@@]2(C(=O)NNC(=O)c2cccnc2)NC(=O)[C@@H]2C[C@@H](Oc3nc4ccccc4nc3-c3cccs3)CN2C1=O. The summed E-state index contributed by atoms with van der Waals surface area (Å²) in [5.41, 5.74) is 4.79. The number of pyridine rings is 1. The van der Waals surface area contributed by atoms with Crippen molar-refractivity contribution in [2.24, 2.45) is 5.92 Å². The van der Waals surface area contributed by atoms with Crippen LogP contribution in [0.4, 0.5) is 4.79 Å². The van der Waals surface area contributed by atoms with Crippen LogP contribution in [0.2, 0.25) is 0 Å². The molecule has 15 nitrogen and oxygen atoms in total. The third-order valence-electron chi connectivity index (χ3n) is 9.87. The Bertz CT molecular complexity index is 2140. The fourth-order valence-electron chi connectivity index (χ4n) is 7.03. The highest BCUT2D eigenvalue weighted by Crippen LogP contribution is 2.45. The molecule has 3 aromatic heterocycles. The number of nitrogens with one attached hydrogen (secondary N) is 4. The van der Waals surface area contributed by atoms with Gasteiger partial charge < -0.3 is 25.0 Å². The van der Waals surface area contributed by atoms with Crippen molar-refractivity contribution in [2.45, 2.75) is 88.6 Å². The van der Waals surface area contributed by atoms with E-state index >= 15 is 0 Å². The van der Waals surface area contributed by atoms with Crippen molar-refractivity contribution in [1.29, 1.82) is 0 Å². The monoisotopic (exact) mass is 780 g/mol. The van der Waals surface area contributed by atoms with Crippen LogP contribution >= 0.6 is 11.3 Å². The largest absolute Gasteiger partial charge is 0.471 e. The number of thiophene rings is 1. The van der Waals surface area contributed by atoms with E-state index in [9.17, 15) is 24.0 Å². The predicted octanol–water partition coefficient (Wildman–Crippen LogP) is 4.46. The second kappa shape index (κ2) is 16.1. The first-order valence-electron chi connectivity index (χ1n) is 18.7. The highest BCUT2D eigenvalue weighted by molar-refractivity contribution is 7.13. The Labute approximate surface area is 327 Å². The Morgan fingerprint density at radius 2 is 1.80 bits per heavy atom. The van der Waals surface area contributed by atoms with Crippen molar-refractivity contribution in [3.05, 3.63) is 84.0 Å². The third kappa shape index (κ3) is 8.64. The van der Waals surface area contributed by atoms with Gasteiger partial charge in [0, 0.05) is 24.7 Å². The van der Waals surface area contributed by atoms with Crippen LogP contribution < -0.4 is 26.2 Å². The first-order valence-corrected chi connectivity index (χ1v) is 19.5. The molecule has 0 radical (unpaired) electrons. The van der Waals surface area contributed by atoms with E-state index in [1.807, 2.05) is 53.9 Å². The smallest absolute Gasteiger partial charge is 0.408 e. The quantitative estimate of drug-likeness (QED) is 0.160. The van der Waals surface area contributed by atoms with Crippen LogP contribution in [0.1, 0.15) is 69.7 Å². The normalized spacial score (nSPS) is 24.4. The van der Waals surface area contributed by atoms with Gasteiger partial charge in [-0.1, -0.05) is 36.8 Å². The lowest BCUT2D eigenvalue weighted by atomic mass is 10.0. The number of hydrogen-bond acceptors (Lipinski definition) is 11. The molecule has 16 heteroatoms. The van der Waals surface area contributed by atoms with Crippen LogP contribution in [0.25, 0.3) is 21.6 Å². The minimum absolute atomic E-state index is 0.00843. The summed E-state index contributed by atoms with van der Waals surface area (Å²) in [5.74, 6) is -2.34. The molecule has 56 heavy (non-hydrogen) atoms. The molecule has 0 spiro atoms. The Balaban J connectivity index is 1.18. The van der Waals surface area contributed by atoms with Gasteiger partial charge in [-0.2, -0.15) is 0 Å². The molecule has 1 saturated heterocycles. The molecule has 1 saturated carbocycles. The van der Waals surface area contributed by atoms with Crippen LogP contribution in [0, 0.1) is 5.92 Å². The molecule has 5 amide bonds. The van der Waals surface area contributed by atoms with E-state index < -0.39 is 59.0 Å². The molecule has 5 heterocycles. The van der Waals surface area contributed by atoms with E-state index in [0.29, 0.717) is 42.4 Å². The first kappa shape index (κ1) is 38.4. The van der Waals surface area contributed by atoms with Gasteiger partial charge in [0.25, 0.3) is 11.8 Å². The van der Waals surface area contributed by atoms with Crippen LogP contribution in [0.5, 0.6) is 5.88 Å². The zero-order valence-corrected chi connectivity index (χ0v) is 32.1. The predicted molar refractivity (Wildman–Crippen MR) is 207 cm³/mol. The summed E-state index contributed by atoms with van der Waals surface area (Å²) >= 11 is 1.48. The first-order chi connectivity index (χ1) is 26.9. The number of para-hydroxylation sites is 2. The van der Waals surface area contributed by atoms with Crippen molar-refractivity contribution < 1.29 is 33.4 Å². The summed E-state index contributed by atoms with van der Waals surface area (Å²) in [7, 11) is 0. The number of hydrazine groups is 1. The summed E-state index contributed by atoms with van der Waals surface area (Å²) in [4.78, 5) is 84.4. The van der Waals surface area contributed by atoms with Gasteiger partial charge >= 0.3 is 6.09 Å². The van der Waals surface area contributed by atoms with Crippen LogP contribution in [0.15, 0.2) is 78.5 Å². The number of aromatic nitrogens is 3. The summed E-state index contributed by atoms with van der Waals surface area (Å²) in [6, 6.07) is 12.3. The summed E-state index contributed by atoms with van der Waals surface area (Å²) in [6.07, 6.45) is 7.89. The maximum atomic E-state index is 14.5. The fourth-order valence-corrected chi connectivity index (χ4v) is 7.74. The van der Waals surface area contributed by atoms with Gasteiger partial charge in [0.2, 0.25) is 17.7 Å². The van der Waals surface area contributed by atoms with Crippen molar-refractivity contribution in [3.8, 4) is 16.5 Å². The van der Waals surface area contributed by atoms with E-state index in [1.165, 1.54) is 28.6 Å². The van der Waals surface area contributed by atoms with Crippen molar-refractivity contribution in [2.75, 3.05) is 6.54 Å². The van der Waals surface area contributed by atoms with Gasteiger partial charge in [-0.25, -0.2) is 14.8 Å². The minimum Gasteiger partial charge on any atom is -0.471 e. The highest BCUT2D eigenvalue weighted by atomic mass is 32.1. The molecule has 7 rings (SSSR count). The number of fused-ring (bicyclic) bond motifs is 3. The van der Waals surface area contributed by atoms with Gasteiger partial charge in [0.1, 0.15) is 35.0 Å². The topological polar surface area (TPSA) is 194 Å². The zero-order valence-electron chi connectivity index (χ0n) is 31.3. The molecule has 3 aliphatic rings. The van der Waals surface area contributed by atoms with Gasteiger partial charge in [-0.3, -0.25) is 35.0 Å². The van der Waals surface area contributed by atoms with Crippen molar-refractivity contribution in [3.63, 3.8) is 0 Å². The maximum Gasteiger partial charge on any atom is 0.408 e. The molecular weight excluding hydrogens is 737 g/mol. The van der Waals surface area contributed by atoms with Crippen LogP contribution in [-0.4, -0.2) is 85.4 Å². The number of amides is 5. The fraction of sp³-hybridized carbons (Fsp3) is 0.400. The second-order valence-corrected chi connectivity index (χ2v) is 16.1. The Hall–Kier alpha value is -5.90. The lowest BCUT2D eigenvalue weighted by Gasteiger charge is -2.30. The molecular formula is C40H44N8O7S. The molecule has 5 atom stereocenters. The number of allylic oxidation sites excluding steroid dienone is 1. The van der Waals surface area contributed by atoms with Crippen LogP contribution in [0.3, 0.4) is 0 Å². The molecule has 2 fully saturated rings. The molecule has 292 valence electrons. The van der Waals surface area contributed by atoms with Gasteiger partial charge in [0.15, 0.2) is 0 Å². The Morgan fingerprint density at radius 3 is 2.54 bits per heavy atom. The van der Waals surface area contributed by atoms with E-state index in [1.54, 1.807) is 32.9 Å². The van der Waals surface area contributed by atoms with E-state index in [-0.39, 0.29) is 36.7 Å². The minimum atomic E-state index is -1.39. The zero-order chi connectivity index (χ0) is 39.5. The van der Waals surface area contributed by atoms with E-state index in [2.05, 4.69) is 26.5 Å². The number of alkyl carbamates (subject to hydrolysis) is 1. The summed E-state index contributed by atoms with van der Waals surface area (Å²) < 4.78 is 12.1. The van der Waals surface area contributed by atoms with E-state index in [4.69, 9.17) is 19.4 Å². The number of hydrogen-bond donors (Lipinski definition) is 4. The molecule has 1 aromatic carbocycles. The number of carbonyl (C=O) groups excluding carboxylic acids is 5. The van der Waals surface area contributed by atoms with Gasteiger partial charge in [-0.15, -0.1) is 11.3 Å². The average Bonchev–Trinajstić information content (AvgIpc) is 3.46. The number of benzene rings is 1.